The van der Waals surface area contributed by atoms with Crippen LogP contribution in [0.25, 0.3) is 0 Å². The molecule has 1 rings (SSSR count). The van der Waals surface area contributed by atoms with Crippen molar-refractivity contribution in [1.82, 2.24) is 0 Å². The Balaban J connectivity index is 2.41. The second kappa shape index (κ2) is 7.01. The first-order valence-corrected chi connectivity index (χ1v) is 6.81. The maximum atomic E-state index is 11.5. The summed E-state index contributed by atoms with van der Waals surface area (Å²) in [5.74, 6) is 4.80. The Labute approximate surface area is 117 Å². The van der Waals surface area contributed by atoms with Crippen LogP contribution in [0.1, 0.15) is 26.3 Å². The Bertz CT molecular complexity index is 504. The van der Waals surface area contributed by atoms with Gasteiger partial charge in [0.05, 0.1) is 5.75 Å². The molecule has 0 atom stereocenters. The van der Waals surface area contributed by atoms with Gasteiger partial charge in [0, 0.05) is 5.56 Å². The maximum Gasteiger partial charge on any atom is 0.316 e. The molecule has 4 heteroatoms. The maximum absolute atomic E-state index is 11.5. The van der Waals surface area contributed by atoms with Crippen LogP contribution in [0.2, 0.25) is 0 Å². The molecule has 1 aromatic rings. The lowest BCUT2D eigenvalue weighted by Gasteiger charge is -2.18. The third-order valence-electron chi connectivity index (χ3n) is 1.82. The Morgan fingerprint density at radius 2 is 1.84 bits per heavy atom. The lowest BCUT2D eigenvalue weighted by molar-refractivity contribution is -0.151. The SMILES string of the molecule is CC(C)(C)OC(=O)CSC(=O)C#Cc1ccccc1. The molecule has 0 saturated carbocycles. The van der Waals surface area contributed by atoms with Crippen LogP contribution in [0.4, 0.5) is 0 Å². The summed E-state index contributed by atoms with van der Waals surface area (Å²) in [6.45, 7) is 5.35. The number of hydrogen-bond donors (Lipinski definition) is 0. The molecule has 0 aliphatic carbocycles. The number of ether oxygens (including phenoxy) is 1. The van der Waals surface area contributed by atoms with Gasteiger partial charge in [0.15, 0.2) is 0 Å². The van der Waals surface area contributed by atoms with E-state index in [1.54, 1.807) is 20.8 Å². The van der Waals surface area contributed by atoms with Crippen LogP contribution in [0.5, 0.6) is 0 Å². The first kappa shape index (κ1) is 15.3. The lowest BCUT2D eigenvalue weighted by atomic mass is 10.2. The number of thioether (sulfide) groups is 1. The minimum Gasteiger partial charge on any atom is -0.459 e. The van der Waals surface area contributed by atoms with E-state index < -0.39 is 11.6 Å². The predicted octanol–water partition coefficient (Wildman–Crippen LogP) is 2.64. The van der Waals surface area contributed by atoms with Crippen molar-refractivity contribution in [3.8, 4) is 11.8 Å². The predicted molar refractivity (Wildman–Crippen MR) is 76.6 cm³/mol. The molecule has 0 saturated heterocycles. The van der Waals surface area contributed by atoms with E-state index in [9.17, 15) is 9.59 Å². The van der Waals surface area contributed by atoms with Gasteiger partial charge in [-0.15, -0.1) is 0 Å². The van der Waals surface area contributed by atoms with E-state index in [-0.39, 0.29) is 10.9 Å². The molecule has 19 heavy (non-hydrogen) atoms. The summed E-state index contributed by atoms with van der Waals surface area (Å²) in [6.07, 6.45) is 0. The van der Waals surface area contributed by atoms with Crippen LogP contribution in [-0.4, -0.2) is 22.4 Å². The molecule has 0 bridgehead atoms. The van der Waals surface area contributed by atoms with Gasteiger partial charge in [0.2, 0.25) is 0 Å². The van der Waals surface area contributed by atoms with Crippen LogP contribution in [0.15, 0.2) is 30.3 Å². The standard InChI is InChI=1S/C15H16O3S/c1-15(2,3)18-13(16)11-19-14(17)10-9-12-7-5-4-6-8-12/h4-8H,11H2,1-3H3. The third kappa shape index (κ3) is 7.32. The van der Waals surface area contributed by atoms with Gasteiger partial charge < -0.3 is 4.74 Å². The highest BCUT2D eigenvalue weighted by Crippen LogP contribution is 2.10. The van der Waals surface area contributed by atoms with Gasteiger partial charge in [0.1, 0.15) is 5.60 Å². The van der Waals surface area contributed by atoms with E-state index in [0.29, 0.717) is 0 Å². The average Bonchev–Trinajstić information content (AvgIpc) is 2.33. The zero-order chi connectivity index (χ0) is 14.3. The van der Waals surface area contributed by atoms with Gasteiger partial charge in [-0.25, -0.2) is 0 Å². The van der Waals surface area contributed by atoms with Gasteiger partial charge >= 0.3 is 5.97 Å². The first-order chi connectivity index (χ1) is 8.87. The van der Waals surface area contributed by atoms with Crippen molar-refractivity contribution in [2.45, 2.75) is 26.4 Å². The van der Waals surface area contributed by atoms with Crippen molar-refractivity contribution >= 4 is 22.8 Å². The van der Waals surface area contributed by atoms with Crippen molar-refractivity contribution in [2.24, 2.45) is 0 Å². The summed E-state index contributed by atoms with van der Waals surface area (Å²) < 4.78 is 5.09. The zero-order valence-corrected chi connectivity index (χ0v) is 12.0. The van der Waals surface area contributed by atoms with Crippen molar-refractivity contribution in [3.63, 3.8) is 0 Å². The summed E-state index contributed by atoms with van der Waals surface area (Å²) in [5, 5.41) is -0.338. The van der Waals surface area contributed by atoms with Gasteiger partial charge in [-0.05, 0) is 38.8 Å². The molecule has 0 amide bonds. The number of benzene rings is 1. The van der Waals surface area contributed by atoms with Gasteiger partial charge in [-0.3, -0.25) is 9.59 Å². The van der Waals surface area contributed by atoms with E-state index in [1.165, 1.54) is 0 Å². The van der Waals surface area contributed by atoms with Crippen LogP contribution >= 0.6 is 11.8 Å². The molecule has 1 aromatic carbocycles. The largest absolute Gasteiger partial charge is 0.459 e. The van der Waals surface area contributed by atoms with Crippen molar-refractivity contribution in [3.05, 3.63) is 35.9 Å². The van der Waals surface area contributed by atoms with Crippen LogP contribution in [-0.2, 0) is 14.3 Å². The zero-order valence-electron chi connectivity index (χ0n) is 11.2. The number of carbonyl (C=O) groups is 2. The van der Waals surface area contributed by atoms with Crippen LogP contribution < -0.4 is 0 Å². The highest BCUT2D eigenvalue weighted by molar-refractivity contribution is 8.14. The van der Waals surface area contributed by atoms with E-state index in [0.717, 1.165) is 17.3 Å². The fraction of sp³-hybridized carbons (Fsp3) is 0.333. The molecule has 0 unspecified atom stereocenters. The number of rotatable bonds is 2. The van der Waals surface area contributed by atoms with Gasteiger partial charge in [-0.1, -0.05) is 35.9 Å². The molecule has 0 spiro atoms. The summed E-state index contributed by atoms with van der Waals surface area (Å²) >= 11 is 0.857. The molecule has 0 heterocycles. The Morgan fingerprint density at radius 3 is 2.42 bits per heavy atom. The molecule has 0 aromatic heterocycles. The molecular formula is C15H16O3S. The fourth-order valence-electron chi connectivity index (χ4n) is 1.18. The molecule has 0 radical (unpaired) electrons. The molecule has 0 aliphatic rings. The smallest absolute Gasteiger partial charge is 0.316 e. The molecule has 3 nitrogen and oxygen atoms in total. The minimum atomic E-state index is -0.531. The topological polar surface area (TPSA) is 43.4 Å². The monoisotopic (exact) mass is 276 g/mol. The normalized spacial score (nSPS) is 10.3. The number of carbonyl (C=O) groups excluding carboxylic acids is 2. The highest BCUT2D eigenvalue weighted by Gasteiger charge is 2.16. The third-order valence-corrected chi connectivity index (χ3v) is 2.57. The number of hydrogen-bond acceptors (Lipinski definition) is 4. The summed E-state index contributed by atoms with van der Waals surface area (Å²) in [7, 11) is 0. The van der Waals surface area contributed by atoms with Gasteiger partial charge in [0.25, 0.3) is 5.12 Å². The highest BCUT2D eigenvalue weighted by atomic mass is 32.2. The lowest BCUT2D eigenvalue weighted by Crippen LogP contribution is -2.25. The number of esters is 1. The molecule has 0 fully saturated rings. The Morgan fingerprint density at radius 1 is 1.21 bits per heavy atom. The Kier molecular flexibility index (Phi) is 5.65. The summed E-state index contributed by atoms with van der Waals surface area (Å²) in [6, 6.07) is 9.21. The average molecular weight is 276 g/mol. The van der Waals surface area contributed by atoms with E-state index >= 15 is 0 Å². The summed E-state index contributed by atoms with van der Waals surface area (Å²) in [4.78, 5) is 22.9. The van der Waals surface area contributed by atoms with Crippen molar-refractivity contribution in [1.29, 1.82) is 0 Å². The Hall–Kier alpha value is -1.73. The van der Waals surface area contributed by atoms with Crippen molar-refractivity contribution < 1.29 is 14.3 Å². The molecule has 0 N–H and O–H groups in total. The van der Waals surface area contributed by atoms with Crippen LogP contribution in [0, 0.1) is 11.8 Å². The second-order valence-electron chi connectivity index (χ2n) is 4.78. The molecule has 0 aliphatic heterocycles. The molecule has 100 valence electrons. The second-order valence-corrected chi connectivity index (χ2v) is 5.73. The minimum absolute atomic E-state index is 0.0143. The fourth-order valence-corrected chi connectivity index (χ4v) is 1.61. The molecular weight excluding hydrogens is 260 g/mol. The quantitative estimate of drug-likeness (QED) is 0.615. The van der Waals surface area contributed by atoms with E-state index in [2.05, 4.69) is 11.8 Å². The van der Waals surface area contributed by atoms with Crippen LogP contribution in [0.3, 0.4) is 0 Å². The van der Waals surface area contributed by atoms with E-state index in [4.69, 9.17) is 4.74 Å². The van der Waals surface area contributed by atoms with Crippen molar-refractivity contribution in [2.75, 3.05) is 5.75 Å². The van der Waals surface area contributed by atoms with E-state index in [1.807, 2.05) is 30.3 Å². The first-order valence-electron chi connectivity index (χ1n) is 5.82. The van der Waals surface area contributed by atoms with Gasteiger partial charge in [-0.2, -0.15) is 0 Å². The summed E-state index contributed by atoms with van der Waals surface area (Å²) in [5.41, 5.74) is 0.241.